The molecular formula is C23H20FN5O. The number of rotatable bonds is 3. The molecule has 0 N–H and O–H groups in total. The summed E-state index contributed by atoms with van der Waals surface area (Å²) in [6.45, 7) is 5.84. The van der Waals surface area contributed by atoms with Crippen molar-refractivity contribution in [3.8, 4) is 5.69 Å². The van der Waals surface area contributed by atoms with Crippen LogP contribution in [-0.2, 0) is 0 Å². The molecular weight excluding hydrogens is 381 g/mol. The van der Waals surface area contributed by atoms with E-state index in [4.69, 9.17) is 15.0 Å². The SMILES string of the molecule is CC[C@@H](C)n1c(C)nc2c(c1=O)c1nc3ccccc3nc1n2-c1cccc(F)c1. The monoisotopic (exact) mass is 401 g/mol. The minimum Gasteiger partial charge on any atom is -0.293 e. The predicted molar refractivity (Wildman–Crippen MR) is 116 cm³/mol. The second-order valence-electron chi connectivity index (χ2n) is 7.49. The van der Waals surface area contributed by atoms with E-state index in [1.807, 2.05) is 45.0 Å². The molecule has 0 spiro atoms. The molecule has 0 saturated carbocycles. The van der Waals surface area contributed by atoms with E-state index in [0.717, 1.165) is 6.42 Å². The van der Waals surface area contributed by atoms with Crippen LogP contribution in [0.3, 0.4) is 0 Å². The van der Waals surface area contributed by atoms with Crippen LogP contribution in [-0.4, -0.2) is 24.1 Å². The van der Waals surface area contributed by atoms with Gasteiger partial charge in [0.2, 0.25) is 0 Å². The van der Waals surface area contributed by atoms with Gasteiger partial charge in [-0.25, -0.2) is 19.3 Å². The number of hydrogen-bond acceptors (Lipinski definition) is 4. The van der Waals surface area contributed by atoms with Crippen molar-refractivity contribution in [2.45, 2.75) is 33.2 Å². The Balaban J connectivity index is 2.03. The standard InChI is InChI=1S/C23H20FN5O/c1-4-13(2)28-14(3)25-21-19(23(28)30)20-22(27-18-11-6-5-10-17(18)26-20)29(21)16-9-7-8-15(24)12-16/h5-13H,4H2,1-3H3/t13-/m1/s1. The molecule has 0 unspecified atom stereocenters. The third-order valence-electron chi connectivity index (χ3n) is 5.58. The fraction of sp³-hybridized carbons (Fsp3) is 0.217. The Labute approximate surface area is 171 Å². The van der Waals surface area contributed by atoms with Crippen LogP contribution in [0.15, 0.2) is 53.3 Å². The summed E-state index contributed by atoms with van der Waals surface area (Å²) in [5.74, 6) is 0.229. The summed E-state index contributed by atoms with van der Waals surface area (Å²) in [7, 11) is 0. The van der Waals surface area contributed by atoms with E-state index in [-0.39, 0.29) is 17.4 Å². The van der Waals surface area contributed by atoms with Crippen molar-refractivity contribution in [1.82, 2.24) is 24.1 Å². The molecule has 6 nitrogen and oxygen atoms in total. The molecule has 5 rings (SSSR count). The Morgan fingerprint density at radius 1 is 1.00 bits per heavy atom. The number of aromatic nitrogens is 5. The number of hydrogen-bond donors (Lipinski definition) is 0. The molecule has 5 aromatic rings. The van der Waals surface area contributed by atoms with Gasteiger partial charge in [-0.1, -0.05) is 25.1 Å². The van der Waals surface area contributed by atoms with Gasteiger partial charge in [0, 0.05) is 6.04 Å². The van der Waals surface area contributed by atoms with E-state index in [2.05, 4.69) is 0 Å². The molecule has 150 valence electrons. The summed E-state index contributed by atoms with van der Waals surface area (Å²) in [5.41, 5.74) is 3.18. The normalized spacial score (nSPS) is 12.8. The summed E-state index contributed by atoms with van der Waals surface area (Å²) in [6, 6.07) is 13.7. The lowest BCUT2D eigenvalue weighted by Crippen LogP contribution is -2.26. The highest BCUT2D eigenvalue weighted by molar-refractivity contribution is 6.05. The van der Waals surface area contributed by atoms with Gasteiger partial charge in [0.1, 0.15) is 22.5 Å². The van der Waals surface area contributed by atoms with Gasteiger partial charge >= 0.3 is 0 Å². The lowest BCUT2D eigenvalue weighted by molar-refractivity contribution is 0.497. The second-order valence-corrected chi connectivity index (χ2v) is 7.49. The van der Waals surface area contributed by atoms with E-state index < -0.39 is 0 Å². The molecule has 30 heavy (non-hydrogen) atoms. The van der Waals surface area contributed by atoms with Gasteiger partial charge in [0.15, 0.2) is 11.3 Å². The summed E-state index contributed by atoms with van der Waals surface area (Å²) >= 11 is 0. The Kier molecular flexibility index (Phi) is 4.13. The van der Waals surface area contributed by atoms with Gasteiger partial charge in [0.05, 0.1) is 16.7 Å². The number of halogens is 1. The maximum Gasteiger partial charge on any atom is 0.265 e. The third-order valence-corrected chi connectivity index (χ3v) is 5.58. The third kappa shape index (κ3) is 2.62. The second kappa shape index (κ2) is 6.73. The van der Waals surface area contributed by atoms with Crippen molar-refractivity contribution in [1.29, 1.82) is 0 Å². The molecule has 0 bridgehead atoms. The largest absolute Gasteiger partial charge is 0.293 e. The lowest BCUT2D eigenvalue weighted by atomic mass is 10.2. The predicted octanol–water partition coefficient (Wildman–Crippen LogP) is 4.70. The molecule has 3 aromatic heterocycles. The molecule has 7 heteroatoms. The summed E-state index contributed by atoms with van der Waals surface area (Å²) in [4.78, 5) is 27.9. The minimum atomic E-state index is -0.374. The van der Waals surface area contributed by atoms with Gasteiger partial charge in [-0.05, 0) is 50.6 Å². The number of para-hydroxylation sites is 2. The highest BCUT2D eigenvalue weighted by Gasteiger charge is 2.23. The minimum absolute atomic E-state index is 0.00427. The van der Waals surface area contributed by atoms with Gasteiger partial charge in [-0.2, -0.15) is 0 Å². The van der Waals surface area contributed by atoms with E-state index in [9.17, 15) is 9.18 Å². The van der Waals surface area contributed by atoms with Gasteiger partial charge < -0.3 is 0 Å². The first-order valence-electron chi connectivity index (χ1n) is 9.95. The molecule has 0 fully saturated rings. The molecule has 2 aromatic carbocycles. The van der Waals surface area contributed by atoms with Crippen LogP contribution >= 0.6 is 0 Å². The molecule has 3 heterocycles. The molecule has 0 radical (unpaired) electrons. The van der Waals surface area contributed by atoms with E-state index in [0.29, 0.717) is 44.7 Å². The molecule has 0 saturated heterocycles. The molecule has 0 amide bonds. The Morgan fingerprint density at radius 3 is 2.43 bits per heavy atom. The summed E-state index contributed by atoms with van der Waals surface area (Å²) in [5, 5.41) is 0.401. The first kappa shape index (κ1) is 18.4. The number of nitrogens with zero attached hydrogens (tertiary/aromatic N) is 5. The van der Waals surface area contributed by atoms with Crippen molar-refractivity contribution in [2.75, 3.05) is 0 Å². The van der Waals surface area contributed by atoms with Crippen molar-refractivity contribution in [3.05, 3.63) is 70.5 Å². The number of aryl methyl sites for hydroxylation is 1. The first-order valence-corrected chi connectivity index (χ1v) is 9.95. The van der Waals surface area contributed by atoms with Crippen molar-refractivity contribution in [2.24, 2.45) is 0 Å². The molecule has 0 aliphatic carbocycles. The Morgan fingerprint density at radius 2 is 1.73 bits per heavy atom. The van der Waals surface area contributed by atoms with Gasteiger partial charge in [-0.15, -0.1) is 0 Å². The van der Waals surface area contributed by atoms with E-state index in [1.54, 1.807) is 21.3 Å². The highest BCUT2D eigenvalue weighted by Crippen LogP contribution is 2.29. The van der Waals surface area contributed by atoms with Crippen LogP contribution in [0.25, 0.3) is 38.9 Å². The lowest BCUT2D eigenvalue weighted by Gasteiger charge is -2.16. The zero-order chi connectivity index (χ0) is 21.0. The van der Waals surface area contributed by atoms with Gasteiger partial charge in [-0.3, -0.25) is 13.9 Å². The summed E-state index contributed by atoms with van der Waals surface area (Å²) < 4.78 is 17.5. The Hall–Kier alpha value is -3.61. The van der Waals surface area contributed by atoms with E-state index in [1.165, 1.54) is 12.1 Å². The average molecular weight is 401 g/mol. The summed E-state index contributed by atoms with van der Waals surface area (Å²) in [6.07, 6.45) is 0.797. The van der Waals surface area contributed by atoms with Crippen LogP contribution in [0.1, 0.15) is 32.1 Å². The zero-order valence-electron chi connectivity index (χ0n) is 16.9. The van der Waals surface area contributed by atoms with Crippen molar-refractivity contribution in [3.63, 3.8) is 0 Å². The number of benzene rings is 2. The van der Waals surface area contributed by atoms with Crippen LogP contribution < -0.4 is 5.56 Å². The maximum absolute atomic E-state index is 14.1. The Bertz CT molecular complexity index is 1500. The quantitative estimate of drug-likeness (QED) is 0.439. The fourth-order valence-electron chi connectivity index (χ4n) is 3.97. The van der Waals surface area contributed by atoms with Crippen LogP contribution in [0, 0.1) is 12.7 Å². The fourth-order valence-corrected chi connectivity index (χ4v) is 3.97. The van der Waals surface area contributed by atoms with E-state index >= 15 is 0 Å². The van der Waals surface area contributed by atoms with Crippen LogP contribution in [0.2, 0.25) is 0 Å². The van der Waals surface area contributed by atoms with Crippen molar-refractivity contribution < 1.29 is 4.39 Å². The smallest absolute Gasteiger partial charge is 0.265 e. The number of fused-ring (bicyclic) bond motifs is 4. The topological polar surface area (TPSA) is 65.6 Å². The maximum atomic E-state index is 14.1. The average Bonchev–Trinajstić information content (AvgIpc) is 3.04. The van der Waals surface area contributed by atoms with Crippen LogP contribution in [0.5, 0.6) is 0 Å². The molecule has 1 atom stereocenters. The zero-order valence-corrected chi connectivity index (χ0v) is 16.9. The van der Waals surface area contributed by atoms with Gasteiger partial charge in [0.25, 0.3) is 5.56 Å². The highest BCUT2D eigenvalue weighted by atomic mass is 19.1. The molecule has 0 aliphatic rings. The first-order chi connectivity index (χ1) is 14.5. The molecule has 0 aliphatic heterocycles. The van der Waals surface area contributed by atoms with Crippen LogP contribution in [0.4, 0.5) is 4.39 Å². The van der Waals surface area contributed by atoms with Crippen molar-refractivity contribution >= 4 is 33.2 Å².